The maximum atomic E-state index is 12.7. The molecule has 4 unspecified atom stereocenters. The van der Waals surface area contributed by atoms with Crippen LogP contribution in [-0.2, 0) is 19.1 Å². The number of furan rings is 1. The zero-order chi connectivity index (χ0) is 25.1. The molecule has 2 amide bonds. The van der Waals surface area contributed by atoms with E-state index >= 15 is 0 Å². The third-order valence-electron chi connectivity index (χ3n) is 6.02. The first-order valence-electron chi connectivity index (χ1n) is 10.9. The van der Waals surface area contributed by atoms with Crippen LogP contribution in [0.5, 0.6) is 5.75 Å². The molecule has 0 N–H and O–H groups in total. The van der Waals surface area contributed by atoms with Gasteiger partial charge in [0.2, 0.25) is 17.6 Å². The maximum Gasteiger partial charge on any atom is 0.379 e. The van der Waals surface area contributed by atoms with Crippen LogP contribution in [0.3, 0.4) is 0 Å². The molecule has 4 rings (SSSR count). The second-order valence-electron chi connectivity index (χ2n) is 8.27. The van der Waals surface area contributed by atoms with Crippen molar-refractivity contribution in [1.29, 1.82) is 0 Å². The summed E-state index contributed by atoms with van der Waals surface area (Å²) in [5, 5.41) is 0. The number of fused-ring (bicyclic) bond motifs is 1. The van der Waals surface area contributed by atoms with Gasteiger partial charge in [-0.1, -0.05) is 31.9 Å². The normalized spacial score (nSPS) is 23.7. The fraction of sp³-hybridized carbons (Fsp3) is 0.375. The van der Waals surface area contributed by atoms with Crippen LogP contribution in [0.1, 0.15) is 40.2 Å². The van der Waals surface area contributed by atoms with Crippen LogP contribution >= 0.6 is 31.9 Å². The third kappa shape index (κ3) is 5.72. The number of halogens is 2. The standard InChI is InChI=1S/C24H21Br2NO8/c25-17-10-15-16(11-18(17)26)23(31)27(22(15)30)8-7-21(29)34-12-19(28)13-3-5-14(6-4-13)35-24(32)20-2-1-9-33-20/h1-6,9,15-18H,7-8,10-12H2. The monoisotopic (exact) mass is 609 g/mol. The lowest BCUT2D eigenvalue weighted by Gasteiger charge is -2.29. The van der Waals surface area contributed by atoms with Crippen molar-refractivity contribution in [1.82, 2.24) is 4.90 Å². The van der Waals surface area contributed by atoms with Gasteiger partial charge in [0.25, 0.3) is 0 Å². The van der Waals surface area contributed by atoms with Crippen molar-refractivity contribution >= 4 is 61.4 Å². The molecule has 1 aliphatic carbocycles. The first kappa shape index (κ1) is 25.3. The molecular formula is C24H21Br2NO8. The van der Waals surface area contributed by atoms with E-state index in [1.54, 1.807) is 6.07 Å². The highest BCUT2D eigenvalue weighted by Gasteiger charge is 2.51. The van der Waals surface area contributed by atoms with Gasteiger partial charge in [0, 0.05) is 21.8 Å². The molecule has 0 bridgehead atoms. The SMILES string of the molecule is O=C(CCN1C(=O)C2CC(Br)C(Br)CC2C1=O)OCC(=O)c1ccc(OC(=O)c2ccco2)cc1. The Morgan fingerprint density at radius 2 is 1.60 bits per heavy atom. The van der Waals surface area contributed by atoms with Gasteiger partial charge in [-0.3, -0.25) is 24.1 Å². The van der Waals surface area contributed by atoms with E-state index in [9.17, 15) is 24.0 Å². The number of ether oxygens (including phenoxy) is 2. The van der Waals surface area contributed by atoms with E-state index in [1.165, 1.54) is 36.6 Å². The summed E-state index contributed by atoms with van der Waals surface area (Å²) in [5.74, 6) is -2.81. The molecule has 1 saturated carbocycles. The largest absolute Gasteiger partial charge is 0.457 e. The number of Topliss-reactive ketones (excluding diaryl/α,β-unsaturated/α-hetero) is 1. The molecular weight excluding hydrogens is 590 g/mol. The van der Waals surface area contributed by atoms with Crippen LogP contribution in [0, 0.1) is 11.8 Å². The first-order chi connectivity index (χ1) is 16.7. The average Bonchev–Trinajstić information content (AvgIpc) is 3.46. The molecule has 4 atom stereocenters. The number of alkyl halides is 2. The van der Waals surface area contributed by atoms with Crippen molar-refractivity contribution in [3.8, 4) is 5.75 Å². The second kappa shape index (κ2) is 10.9. The van der Waals surface area contributed by atoms with Crippen LogP contribution < -0.4 is 4.74 Å². The number of hydrogen-bond acceptors (Lipinski definition) is 8. The van der Waals surface area contributed by atoms with Gasteiger partial charge in [-0.15, -0.1) is 0 Å². The number of carbonyl (C=O) groups excluding carboxylic acids is 5. The summed E-state index contributed by atoms with van der Waals surface area (Å²) in [6, 6.07) is 8.79. The third-order valence-corrected chi connectivity index (χ3v) is 8.75. The van der Waals surface area contributed by atoms with Gasteiger partial charge < -0.3 is 13.9 Å². The number of amides is 2. The maximum absolute atomic E-state index is 12.7. The van der Waals surface area contributed by atoms with Gasteiger partial charge in [-0.05, 0) is 49.2 Å². The van der Waals surface area contributed by atoms with Crippen molar-refractivity contribution in [2.75, 3.05) is 13.2 Å². The minimum absolute atomic E-state index is 0.0489. The minimum Gasteiger partial charge on any atom is -0.457 e. The fourth-order valence-corrected chi connectivity index (χ4v) is 5.39. The van der Waals surface area contributed by atoms with Gasteiger partial charge >= 0.3 is 11.9 Å². The number of nitrogens with zero attached hydrogens (tertiary/aromatic N) is 1. The zero-order valence-corrected chi connectivity index (χ0v) is 21.5. The van der Waals surface area contributed by atoms with Crippen LogP contribution in [-0.4, -0.2) is 57.2 Å². The van der Waals surface area contributed by atoms with E-state index in [-0.39, 0.29) is 63.3 Å². The number of likely N-dealkylation sites (tertiary alicyclic amines) is 1. The van der Waals surface area contributed by atoms with Crippen LogP contribution in [0.25, 0.3) is 0 Å². The van der Waals surface area contributed by atoms with Crippen LogP contribution in [0.4, 0.5) is 0 Å². The number of imide groups is 1. The molecule has 1 saturated heterocycles. The van der Waals surface area contributed by atoms with Gasteiger partial charge in [-0.25, -0.2) is 4.79 Å². The highest BCUT2D eigenvalue weighted by atomic mass is 79.9. The highest BCUT2D eigenvalue weighted by Crippen LogP contribution is 2.43. The van der Waals surface area contributed by atoms with E-state index in [1.807, 2.05) is 0 Å². The summed E-state index contributed by atoms with van der Waals surface area (Å²) in [6.45, 7) is -0.568. The Hall–Kier alpha value is -2.79. The first-order valence-corrected chi connectivity index (χ1v) is 12.8. The molecule has 0 spiro atoms. The second-order valence-corrected chi connectivity index (χ2v) is 10.6. The Labute approximate surface area is 217 Å². The Balaban J connectivity index is 1.23. The average molecular weight is 611 g/mol. The molecule has 11 heteroatoms. The van der Waals surface area contributed by atoms with Gasteiger partial charge in [-0.2, -0.15) is 0 Å². The summed E-state index contributed by atoms with van der Waals surface area (Å²) in [4.78, 5) is 63.0. The van der Waals surface area contributed by atoms with Crippen molar-refractivity contribution < 1.29 is 37.9 Å². The Morgan fingerprint density at radius 3 is 2.17 bits per heavy atom. The predicted octanol–water partition coefficient (Wildman–Crippen LogP) is 3.54. The molecule has 35 heavy (non-hydrogen) atoms. The van der Waals surface area contributed by atoms with Crippen LogP contribution in [0.2, 0.25) is 0 Å². The number of esters is 2. The van der Waals surface area contributed by atoms with Gasteiger partial charge in [0.05, 0.1) is 24.5 Å². The summed E-state index contributed by atoms with van der Waals surface area (Å²) in [6.07, 6.45) is 2.27. The molecule has 2 aliphatic rings. The molecule has 2 aromatic rings. The summed E-state index contributed by atoms with van der Waals surface area (Å²) in [5.41, 5.74) is 0.262. The molecule has 1 aliphatic heterocycles. The molecule has 1 aromatic carbocycles. The lowest BCUT2D eigenvalue weighted by Crippen LogP contribution is -2.34. The zero-order valence-electron chi connectivity index (χ0n) is 18.4. The summed E-state index contributed by atoms with van der Waals surface area (Å²) < 4.78 is 15.1. The fourth-order valence-electron chi connectivity index (χ4n) is 4.15. The quantitative estimate of drug-likeness (QED) is 0.146. The number of hydrogen-bond donors (Lipinski definition) is 0. The van der Waals surface area contributed by atoms with Crippen molar-refractivity contribution in [2.45, 2.75) is 28.9 Å². The van der Waals surface area contributed by atoms with E-state index in [0.717, 1.165) is 4.90 Å². The number of carbonyl (C=O) groups is 5. The summed E-state index contributed by atoms with van der Waals surface area (Å²) >= 11 is 7.07. The highest BCUT2D eigenvalue weighted by molar-refractivity contribution is 9.12. The molecule has 1 aromatic heterocycles. The number of rotatable bonds is 8. The lowest BCUT2D eigenvalue weighted by molar-refractivity contribution is -0.145. The van der Waals surface area contributed by atoms with E-state index in [2.05, 4.69) is 31.9 Å². The van der Waals surface area contributed by atoms with E-state index in [0.29, 0.717) is 12.8 Å². The molecule has 9 nitrogen and oxygen atoms in total. The Bertz CT molecular complexity index is 1100. The van der Waals surface area contributed by atoms with E-state index < -0.39 is 24.3 Å². The van der Waals surface area contributed by atoms with Crippen molar-refractivity contribution in [2.24, 2.45) is 11.8 Å². The Morgan fingerprint density at radius 1 is 0.971 bits per heavy atom. The molecule has 184 valence electrons. The van der Waals surface area contributed by atoms with Gasteiger partial charge in [0.15, 0.2) is 12.4 Å². The van der Waals surface area contributed by atoms with E-state index in [4.69, 9.17) is 13.9 Å². The molecule has 0 radical (unpaired) electrons. The molecule has 2 heterocycles. The van der Waals surface area contributed by atoms with Crippen molar-refractivity contribution in [3.05, 3.63) is 54.0 Å². The minimum atomic E-state index is -0.686. The number of ketones is 1. The molecule has 2 fully saturated rings. The predicted molar refractivity (Wildman–Crippen MR) is 128 cm³/mol. The van der Waals surface area contributed by atoms with Crippen LogP contribution in [0.15, 0.2) is 47.1 Å². The topological polar surface area (TPSA) is 120 Å². The smallest absolute Gasteiger partial charge is 0.379 e. The number of benzene rings is 1. The summed E-state index contributed by atoms with van der Waals surface area (Å²) in [7, 11) is 0. The van der Waals surface area contributed by atoms with Crippen molar-refractivity contribution in [3.63, 3.8) is 0 Å². The van der Waals surface area contributed by atoms with Gasteiger partial charge in [0.1, 0.15) is 5.75 Å². The Kier molecular flexibility index (Phi) is 7.85. The lowest BCUT2D eigenvalue weighted by atomic mass is 9.81.